The van der Waals surface area contributed by atoms with Gasteiger partial charge in [0.2, 0.25) is 5.91 Å². The number of hydrogen-bond donors (Lipinski definition) is 1. The van der Waals surface area contributed by atoms with E-state index in [4.69, 9.17) is 11.6 Å². The Hall–Kier alpha value is -1.81. The van der Waals surface area contributed by atoms with Gasteiger partial charge >= 0.3 is 0 Å². The summed E-state index contributed by atoms with van der Waals surface area (Å²) in [4.78, 5) is 16.7. The van der Waals surface area contributed by atoms with E-state index in [-0.39, 0.29) is 11.9 Å². The van der Waals surface area contributed by atoms with Crippen molar-refractivity contribution in [3.05, 3.63) is 53.1 Å². The molecule has 1 aliphatic rings. The van der Waals surface area contributed by atoms with Crippen LogP contribution in [0.2, 0.25) is 5.02 Å². The summed E-state index contributed by atoms with van der Waals surface area (Å²) in [7, 11) is 1.96. The van der Waals surface area contributed by atoms with E-state index in [0.717, 1.165) is 24.2 Å². The molecular weight excluding hydrogens is 286 g/mol. The SMILES string of the molecule is Cn1ccnc1[C@@H](NC(=O)Cc1ccccc1Cl)C1CC1. The van der Waals surface area contributed by atoms with Gasteiger partial charge in [-0.25, -0.2) is 4.98 Å². The van der Waals surface area contributed by atoms with E-state index in [1.165, 1.54) is 0 Å². The first kappa shape index (κ1) is 14.1. The standard InChI is InChI=1S/C16H18ClN3O/c1-20-9-8-18-16(20)15(11-6-7-11)19-14(21)10-12-4-2-3-5-13(12)17/h2-5,8-9,11,15H,6-7,10H2,1H3,(H,19,21)/t15-/m0/s1. The second-order valence-electron chi connectivity index (χ2n) is 5.55. The first-order chi connectivity index (χ1) is 10.1. The molecule has 1 amide bonds. The van der Waals surface area contributed by atoms with Crippen LogP contribution in [-0.4, -0.2) is 15.5 Å². The van der Waals surface area contributed by atoms with Crippen LogP contribution in [0.25, 0.3) is 0 Å². The Morgan fingerprint density at radius 2 is 2.24 bits per heavy atom. The Labute approximate surface area is 129 Å². The molecule has 3 rings (SSSR count). The average Bonchev–Trinajstić information content (AvgIpc) is 3.21. The number of hydrogen-bond acceptors (Lipinski definition) is 2. The molecule has 0 radical (unpaired) electrons. The van der Waals surface area contributed by atoms with E-state index < -0.39 is 0 Å². The Morgan fingerprint density at radius 1 is 1.48 bits per heavy atom. The van der Waals surface area contributed by atoms with Crippen molar-refractivity contribution in [3.8, 4) is 0 Å². The molecule has 0 saturated heterocycles. The maximum Gasteiger partial charge on any atom is 0.225 e. The highest BCUT2D eigenvalue weighted by Crippen LogP contribution is 2.40. The van der Waals surface area contributed by atoms with Gasteiger partial charge in [0.15, 0.2) is 0 Å². The van der Waals surface area contributed by atoms with Crippen LogP contribution in [0.4, 0.5) is 0 Å². The number of nitrogens with one attached hydrogen (secondary N) is 1. The lowest BCUT2D eigenvalue weighted by atomic mass is 10.1. The smallest absolute Gasteiger partial charge is 0.225 e. The van der Waals surface area contributed by atoms with Crippen molar-refractivity contribution in [3.63, 3.8) is 0 Å². The Balaban J connectivity index is 1.70. The quantitative estimate of drug-likeness (QED) is 0.923. The van der Waals surface area contributed by atoms with E-state index in [0.29, 0.717) is 17.4 Å². The Morgan fingerprint density at radius 3 is 2.86 bits per heavy atom. The van der Waals surface area contributed by atoms with Gasteiger partial charge in [-0.3, -0.25) is 4.79 Å². The lowest BCUT2D eigenvalue weighted by Gasteiger charge is -2.18. The summed E-state index contributed by atoms with van der Waals surface area (Å²) in [5.74, 6) is 1.41. The van der Waals surface area contributed by atoms with Crippen LogP contribution in [-0.2, 0) is 18.3 Å². The summed E-state index contributed by atoms with van der Waals surface area (Å²) in [6.45, 7) is 0. The van der Waals surface area contributed by atoms with Crippen LogP contribution in [0.15, 0.2) is 36.7 Å². The van der Waals surface area contributed by atoms with Gasteiger partial charge in [-0.2, -0.15) is 0 Å². The maximum absolute atomic E-state index is 12.3. The fourth-order valence-corrected chi connectivity index (χ4v) is 2.74. The van der Waals surface area contributed by atoms with Gasteiger partial charge < -0.3 is 9.88 Å². The number of benzene rings is 1. The molecule has 1 atom stereocenters. The first-order valence-electron chi connectivity index (χ1n) is 7.15. The molecule has 110 valence electrons. The van der Waals surface area contributed by atoms with Crippen molar-refractivity contribution in [2.45, 2.75) is 25.3 Å². The zero-order chi connectivity index (χ0) is 14.8. The third-order valence-electron chi connectivity index (χ3n) is 3.86. The number of carbonyl (C=O) groups excluding carboxylic acids is 1. The van der Waals surface area contributed by atoms with Gasteiger partial charge in [0.1, 0.15) is 5.82 Å². The molecule has 0 unspecified atom stereocenters. The van der Waals surface area contributed by atoms with E-state index in [1.54, 1.807) is 12.3 Å². The van der Waals surface area contributed by atoms with Gasteiger partial charge in [-0.1, -0.05) is 29.8 Å². The maximum atomic E-state index is 12.3. The van der Waals surface area contributed by atoms with Crippen molar-refractivity contribution in [2.24, 2.45) is 13.0 Å². The largest absolute Gasteiger partial charge is 0.346 e. The van der Waals surface area contributed by atoms with Crippen molar-refractivity contribution in [1.29, 1.82) is 0 Å². The highest BCUT2D eigenvalue weighted by molar-refractivity contribution is 6.31. The predicted octanol–water partition coefficient (Wildman–Crippen LogP) is 2.88. The molecule has 1 N–H and O–H groups in total. The van der Waals surface area contributed by atoms with Crippen molar-refractivity contribution >= 4 is 17.5 Å². The third kappa shape index (κ3) is 3.27. The molecular formula is C16H18ClN3O. The minimum atomic E-state index is -0.0111. The van der Waals surface area contributed by atoms with E-state index in [9.17, 15) is 4.79 Å². The molecule has 5 heteroatoms. The normalized spacial score (nSPS) is 15.7. The highest BCUT2D eigenvalue weighted by Gasteiger charge is 2.35. The van der Waals surface area contributed by atoms with Gasteiger partial charge in [-0.05, 0) is 30.4 Å². The fraction of sp³-hybridized carbons (Fsp3) is 0.375. The van der Waals surface area contributed by atoms with Crippen LogP contribution in [0.3, 0.4) is 0 Å². The zero-order valence-corrected chi connectivity index (χ0v) is 12.7. The summed E-state index contributed by atoms with van der Waals surface area (Å²) in [6, 6.07) is 7.45. The van der Waals surface area contributed by atoms with Crippen molar-refractivity contribution < 1.29 is 4.79 Å². The lowest BCUT2D eigenvalue weighted by Crippen LogP contribution is -2.32. The monoisotopic (exact) mass is 303 g/mol. The lowest BCUT2D eigenvalue weighted by molar-refractivity contribution is -0.121. The van der Waals surface area contributed by atoms with Crippen LogP contribution < -0.4 is 5.32 Å². The highest BCUT2D eigenvalue weighted by atomic mass is 35.5. The van der Waals surface area contributed by atoms with Crippen LogP contribution in [0, 0.1) is 5.92 Å². The number of aryl methyl sites for hydroxylation is 1. The summed E-state index contributed by atoms with van der Waals surface area (Å²) in [6.07, 6.45) is 6.26. The minimum Gasteiger partial charge on any atom is -0.346 e. The van der Waals surface area contributed by atoms with Gasteiger partial charge in [0.25, 0.3) is 0 Å². The number of rotatable bonds is 5. The molecule has 1 heterocycles. The second-order valence-corrected chi connectivity index (χ2v) is 5.95. The predicted molar refractivity (Wildman–Crippen MR) is 82.0 cm³/mol. The molecule has 1 saturated carbocycles. The number of aromatic nitrogens is 2. The third-order valence-corrected chi connectivity index (χ3v) is 4.22. The number of amides is 1. The molecule has 4 nitrogen and oxygen atoms in total. The number of nitrogens with zero attached hydrogens (tertiary/aromatic N) is 2. The number of imidazole rings is 1. The molecule has 1 fully saturated rings. The summed E-state index contributed by atoms with van der Waals surface area (Å²) in [5.41, 5.74) is 0.853. The molecule has 0 aliphatic heterocycles. The van der Waals surface area contributed by atoms with E-state index in [1.807, 2.05) is 36.0 Å². The summed E-state index contributed by atoms with van der Waals surface area (Å²) < 4.78 is 1.97. The molecule has 1 aromatic heterocycles. The van der Waals surface area contributed by atoms with Gasteiger partial charge in [0, 0.05) is 24.5 Å². The molecule has 1 aliphatic carbocycles. The van der Waals surface area contributed by atoms with Crippen molar-refractivity contribution in [2.75, 3.05) is 0 Å². The minimum absolute atomic E-state index is 0.0000113. The van der Waals surface area contributed by atoms with Gasteiger partial charge in [-0.15, -0.1) is 0 Å². The Kier molecular flexibility index (Phi) is 3.97. The van der Waals surface area contributed by atoms with Crippen LogP contribution in [0.1, 0.15) is 30.3 Å². The zero-order valence-electron chi connectivity index (χ0n) is 11.9. The molecule has 0 spiro atoms. The number of halogens is 1. The van der Waals surface area contributed by atoms with Crippen LogP contribution in [0.5, 0.6) is 0 Å². The van der Waals surface area contributed by atoms with Gasteiger partial charge in [0.05, 0.1) is 12.5 Å². The summed E-state index contributed by atoms with van der Waals surface area (Å²) in [5, 5.41) is 3.75. The molecule has 21 heavy (non-hydrogen) atoms. The topological polar surface area (TPSA) is 46.9 Å². The Bertz CT molecular complexity index is 648. The molecule has 0 bridgehead atoms. The molecule has 2 aromatic rings. The summed E-state index contributed by atoms with van der Waals surface area (Å²) >= 11 is 6.11. The fourth-order valence-electron chi connectivity index (χ4n) is 2.54. The second kappa shape index (κ2) is 5.90. The van der Waals surface area contributed by atoms with Crippen LogP contribution >= 0.6 is 11.6 Å². The first-order valence-corrected chi connectivity index (χ1v) is 7.53. The van der Waals surface area contributed by atoms with E-state index >= 15 is 0 Å². The van der Waals surface area contributed by atoms with E-state index in [2.05, 4.69) is 10.3 Å². The molecule has 1 aromatic carbocycles. The van der Waals surface area contributed by atoms with Crippen molar-refractivity contribution in [1.82, 2.24) is 14.9 Å². The number of carbonyl (C=O) groups is 1. The average molecular weight is 304 g/mol.